The predicted octanol–water partition coefficient (Wildman–Crippen LogP) is 0.759. The Kier molecular flexibility index (Phi) is 6.89. The smallest absolute Gasteiger partial charge is 0.217 e. The van der Waals surface area contributed by atoms with Crippen molar-refractivity contribution in [1.82, 2.24) is 19.2 Å². The molecule has 0 saturated carbocycles. The Morgan fingerprint density at radius 1 is 0.871 bits per heavy atom. The lowest BCUT2D eigenvalue weighted by molar-refractivity contribution is 0.312. The van der Waals surface area contributed by atoms with Gasteiger partial charge in [-0.1, -0.05) is 18.2 Å². The second kappa shape index (κ2) is 9.80. The Balaban J connectivity index is 1.29. The maximum atomic E-state index is 12.7. The molecule has 0 bridgehead atoms. The third kappa shape index (κ3) is 5.63. The van der Waals surface area contributed by atoms with Crippen LogP contribution in [0.15, 0.2) is 42.7 Å². The average Bonchev–Trinajstić information content (AvgIpc) is 2.80. The van der Waals surface area contributed by atoms with Crippen LogP contribution in [0.5, 0.6) is 5.75 Å². The quantitative estimate of drug-likeness (QED) is 0.617. The summed E-state index contributed by atoms with van der Waals surface area (Å²) in [6.07, 6.45) is 1.60. The van der Waals surface area contributed by atoms with Crippen LogP contribution in [0.25, 0.3) is 0 Å². The Morgan fingerprint density at radius 2 is 1.45 bits per heavy atom. The fraction of sp³-hybridized carbons (Fsp3) is 0.524. The van der Waals surface area contributed by atoms with Crippen molar-refractivity contribution in [3.05, 3.63) is 42.7 Å². The van der Waals surface area contributed by atoms with E-state index < -0.39 is 10.0 Å². The third-order valence-corrected chi connectivity index (χ3v) is 7.61. The number of likely N-dealkylation sites (N-methyl/N-ethyl adjacent to an activating group) is 1. The maximum absolute atomic E-state index is 12.7. The standard InChI is InChI=1S/C21H30N6O3S/c1-24-7-9-25(10-8-24)20-17-21(23-18-22-20)26-11-13-27(14-12-26)31(28,29)16-15-30-19-5-3-2-4-6-19/h2-6,17-18H,7-16H2,1H3. The van der Waals surface area contributed by atoms with Crippen LogP contribution in [0.3, 0.4) is 0 Å². The molecule has 0 N–H and O–H groups in total. The van der Waals surface area contributed by atoms with E-state index in [1.807, 2.05) is 36.4 Å². The van der Waals surface area contributed by atoms with Gasteiger partial charge in [0.15, 0.2) is 0 Å². The lowest BCUT2D eigenvalue weighted by Gasteiger charge is -2.36. The number of sulfonamides is 1. The Labute approximate surface area is 184 Å². The molecule has 3 heterocycles. The summed E-state index contributed by atoms with van der Waals surface area (Å²) in [4.78, 5) is 15.6. The topological polar surface area (TPSA) is 82.1 Å². The summed E-state index contributed by atoms with van der Waals surface area (Å²) >= 11 is 0. The van der Waals surface area contributed by atoms with Crippen LogP contribution in [-0.4, -0.2) is 99.4 Å². The molecule has 0 unspecified atom stereocenters. The molecule has 10 heteroatoms. The number of benzene rings is 1. The summed E-state index contributed by atoms with van der Waals surface area (Å²) in [5.74, 6) is 2.45. The van der Waals surface area contributed by atoms with Crippen molar-refractivity contribution < 1.29 is 13.2 Å². The Morgan fingerprint density at radius 3 is 2.06 bits per heavy atom. The van der Waals surface area contributed by atoms with Gasteiger partial charge in [-0.05, 0) is 19.2 Å². The molecule has 2 aliphatic heterocycles. The van der Waals surface area contributed by atoms with Gasteiger partial charge in [0, 0.05) is 58.4 Å². The van der Waals surface area contributed by atoms with E-state index in [1.165, 1.54) is 0 Å². The molecule has 2 saturated heterocycles. The maximum Gasteiger partial charge on any atom is 0.217 e. The molecule has 2 fully saturated rings. The van der Waals surface area contributed by atoms with Crippen molar-refractivity contribution in [1.29, 1.82) is 0 Å². The number of anilines is 2. The fourth-order valence-electron chi connectivity index (χ4n) is 3.82. The van der Waals surface area contributed by atoms with Gasteiger partial charge in [0.2, 0.25) is 10.0 Å². The summed E-state index contributed by atoms with van der Waals surface area (Å²) in [5.41, 5.74) is 0. The third-order valence-electron chi connectivity index (χ3n) is 5.77. The highest BCUT2D eigenvalue weighted by atomic mass is 32.2. The molecule has 1 aromatic carbocycles. The van der Waals surface area contributed by atoms with Gasteiger partial charge in [-0.2, -0.15) is 4.31 Å². The highest BCUT2D eigenvalue weighted by molar-refractivity contribution is 7.89. The molecule has 9 nitrogen and oxygen atoms in total. The van der Waals surface area contributed by atoms with Crippen molar-refractivity contribution >= 4 is 21.7 Å². The predicted molar refractivity (Wildman–Crippen MR) is 121 cm³/mol. The number of hydrogen-bond acceptors (Lipinski definition) is 8. The van der Waals surface area contributed by atoms with Crippen molar-refractivity contribution in [3.8, 4) is 5.75 Å². The van der Waals surface area contributed by atoms with E-state index in [9.17, 15) is 8.42 Å². The first-order valence-corrected chi connectivity index (χ1v) is 12.3. The van der Waals surface area contributed by atoms with Gasteiger partial charge in [0.1, 0.15) is 30.3 Å². The zero-order valence-electron chi connectivity index (χ0n) is 17.9. The normalized spacial score (nSPS) is 18.9. The zero-order valence-corrected chi connectivity index (χ0v) is 18.7. The van der Waals surface area contributed by atoms with Crippen LogP contribution < -0.4 is 14.5 Å². The van der Waals surface area contributed by atoms with Crippen LogP contribution in [-0.2, 0) is 10.0 Å². The first-order valence-electron chi connectivity index (χ1n) is 10.7. The molecule has 0 spiro atoms. The van der Waals surface area contributed by atoms with E-state index in [-0.39, 0.29) is 12.4 Å². The summed E-state index contributed by atoms with van der Waals surface area (Å²) in [7, 11) is -1.22. The number of rotatable bonds is 7. The number of aromatic nitrogens is 2. The lowest BCUT2D eigenvalue weighted by Crippen LogP contribution is -2.50. The van der Waals surface area contributed by atoms with Gasteiger partial charge in [-0.25, -0.2) is 18.4 Å². The van der Waals surface area contributed by atoms with Gasteiger partial charge in [-0.3, -0.25) is 0 Å². The molecule has 0 aliphatic carbocycles. The Hall–Kier alpha value is -2.43. The number of para-hydroxylation sites is 1. The lowest BCUT2D eigenvalue weighted by atomic mass is 10.3. The number of piperazine rings is 2. The van der Waals surface area contributed by atoms with Crippen LogP contribution in [0, 0.1) is 0 Å². The van der Waals surface area contributed by atoms with Crippen LogP contribution in [0.2, 0.25) is 0 Å². The van der Waals surface area contributed by atoms with Crippen LogP contribution >= 0.6 is 0 Å². The molecule has 2 aromatic rings. The molecule has 1 aromatic heterocycles. The molecular formula is C21H30N6O3S. The van der Waals surface area contributed by atoms with E-state index in [0.717, 1.165) is 37.8 Å². The molecule has 168 valence electrons. The SMILES string of the molecule is CN1CCN(c2cc(N3CCN(S(=O)(=O)CCOc4ccccc4)CC3)ncn2)CC1. The zero-order chi connectivity index (χ0) is 21.7. The number of nitrogens with zero attached hydrogens (tertiary/aromatic N) is 6. The monoisotopic (exact) mass is 446 g/mol. The number of ether oxygens (including phenoxy) is 1. The largest absolute Gasteiger partial charge is 0.492 e. The summed E-state index contributed by atoms with van der Waals surface area (Å²) < 4.78 is 32.5. The van der Waals surface area contributed by atoms with Crippen LogP contribution in [0.1, 0.15) is 0 Å². The van der Waals surface area contributed by atoms with Gasteiger partial charge in [0.25, 0.3) is 0 Å². The average molecular weight is 447 g/mol. The van der Waals surface area contributed by atoms with Crippen molar-refractivity contribution in [2.75, 3.05) is 81.6 Å². The highest BCUT2D eigenvalue weighted by Crippen LogP contribution is 2.21. The van der Waals surface area contributed by atoms with Gasteiger partial charge in [-0.15, -0.1) is 0 Å². The molecule has 4 rings (SSSR count). The van der Waals surface area contributed by atoms with Crippen molar-refractivity contribution in [3.63, 3.8) is 0 Å². The second-order valence-electron chi connectivity index (χ2n) is 7.89. The molecule has 0 atom stereocenters. The van der Waals surface area contributed by atoms with E-state index in [0.29, 0.717) is 31.9 Å². The highest BCUT2D eigenvalue weighted by Gasteiger charge is 2.28. The summed E-state index contributed by atoms with van der Waals surface area (Å²) in [5, 5.41) is 0. The molecule has 0 amide bonds. The molecule has 0 radical (unpaired) electrons. The van der Waals surface area contributed by atoms with E-state index in [1.54, 1.807) is 10.6 Å². The first-order chi connectivity index (χ1) is 15.0. The molecule has 31 heavy (non-hydrogen) atoms. The minimum absolute atomic E-state index is 0.0248. The molecule has 2 aliphatic rings. The fourth-order valence-corrected chi connectivity index (χ4v) is 5.10. The minimum Gasteiger partial charge on any atom is -0.492 e. The van der Waals surface area contributed by atoms with E-state index in [4.69, 9.17) is 4.74 Å². The number of hydrogen-bond donors (Lipinski definition) is 0. The van der Waals surface area contributed by atoms with Gasteiger partial charge >= 0.3 is 0 Å². The first kappa shape index (κ1) is 21.8. The van der Waals surface area contributed by atoms with Gasteiger partial charge < -0.3 is 19.4 Å². The van der Waals surface area contributed by atoms with E-state index >= 15 is 0 Å². The van der Waals surface area contributed by atoms with E-state index in [2.05, 4.69) is 31.7 Å². The summed E-state index contributed by atoms with van der Waals surface area (Å²) in [6.45, 7) is 6.19. The molecular weight excluding hydrogens is 416 g/mol. The minimum atomic E-state index is -3.35. The summed E-state index contributed by atoms with van der Waals surface area (Å²) in [6, 6.07) is 11.3. The van der Waals surface area contributed by atoms with Crippen LogP contribution in [0.4, 0.5) is 11.6 Å². The van der Waals surface area contributed by atoms with Crippen molar-refractivity contribution in [2.24, 2.45) is 0 Å². The Bertz CT molecular complexity index is 943. The second-order valence-corrected chi connectivity index (χ2v) is 9.98. The van der Waals surface area contributed by atoms with Crippen molar-refractivity contribution in [2.45, 2.75) is 0 Å². The van der Waals surface area contributed by atoms with Gasteiger partial charge in [0.05, 0.1) is 5.75 Å².